The summed E-state index contributed by atoms with van der Waals surface area (Å²) in [5.41, 5.74) is 0.368. The van der Waals surface area contributed by atoms with Gasteiger partial charge in [0.05, 0.1) is 6.04 Å². The molecule has 0 bridgehead atoms. The molecule has 0 aliphatic carbocycles. The quantitative estimate of drug-likeness (QED) is 0.734. The van der Waals surface area contributed by atoms with Crippen LogP contribution in [-0.4, -0.2) is 26.7 Å². The average molecular weight is 346 g/mol. The first-order valence-electron chi connectivity index (χ1n) is 6.66. The fourth-order valence-corrected chi connectivity index (χ4v) is 4.21. The summed E-state index contributed by atoms with van der Waals surface area (Å²) in [7, 11) is -3.96. The Kier molecular flexibility index (Phi) is 6.37. The summed E-state index contributed by atoms with van der Waals surface area (Å²) in [5, 5.41) is 0. The van der Waals surface area contributed by atoms with E-state index in [1.165, 1.54) is 6.07 Å². The number of hydrogen-bond donors (Lipinski definition) is 0. The molecule has 0 unspecified atom stereocenters. The van der Waals surface area contributed by atoms with Crippen LogP contribution in [-0.2, 0) is 34.1 Å². The highest BCUT2D eigenvalue weighted by atomic mass is 28.4. The van der Waals surface area contributed by atoms with Crippen molar-refractivity contribution >= 4 is 26.7 Å². The third kappa shape index (κ3) is 6.15. The zero-order chi connectivity index (χ0) is 17.6. The number of carbonyl (C=O) groups excluding carboxylic acids is 3. The predicted molar refractivity (Wildman–Crippen MR) is 75.9 cm³/mol. The molecule has 0 N–H and O–H groups in total. The zero-order valence-electron chi connectivity index (χ0n) is 12.9. The lowest BCUT2D eigenvalue weighted by molar-refractivity contribution is -0.147. The number of halogens is 2. The Balaban J connectivity index is 3.00. The van der Waals surface area contributed by atoms with Gasteiger partial charge in [-0.05, 0) is 24.1 Å². The van der Waals surface area contributed by atoms with Crippen LogP contribution in [0.2, 0.25) is 6.04 Å². The molecule has 0 spiro atoms. The van der Waals surface area contributed by atoms with Crippen LogP contribution in [0.15, 0.2) is 18.2 Å². The molecule has 23 heavy (non-hydrogen) atoms. The minimum absolute atomic E-state index is 0.0528. The summed E-state index contributed by atoms with van der Waals surface area (Å²) in [6.45, 7) is 3.23. The second kappa shape index (κ2) is 7.81. The topological polar surface area (TPSA) is 78.9 Å². The maximum atomic E-state index is 13.2. The van der Waals surface area contributed by atoms with E-state index >= 15 is 0 Å². The minimum Gasteiger partial charge on any atom is -0.455 e. The molecule has 0 radical (unpaired) electrons. The van der Waals surface area contributed by atoms with E-state index in [9.17, 15) is 23.2 Å². The molecule has 1 aromatic rings. The van der Waals surface area contributed by atoms with Gasteiger partial charge < -0.3 is 13.3 Å². The lowest BCUT2D eigenvalue weighted by Crippen LogP contribution is -2.49. The normalized spacial score (nSPS) is 10.8. The molecule has 0 aliphatic heterocycles. The predicted octanol–water partition coefficient (Wildman–Crippen LogP) is 2.14. The Morgan fingerprint density at radius 3 is 1.78 bits per heavy atom. The molecule has 0 aliphatic rings. The van der Waals surface area contributed by atoms with E-state index in [0.29, 0.717) is 5.56 Å². The molecular formula is C14H16F2O6Si. The van der Waals surface area contributed by atoms with Gasteiger partial charge in [0, 0.05) is 20.8 Å². The van der Waals surface area contributed by atoms with Crippen molar-refractivity contribution in [3.8, 4) is 0 Å². The van der Waals surface area contributed by atoms with Gasteiger partial charge in [-0.1, -0.05) is 6.07 Å². The molecule has 9 heteroatoms. The number of carbonyl (C=O) groups is 3. The molecule has 0 amide bonds. The third-order valence-electron chi connectivity index (χ3n) is 2.60. The first kappa shape index (κ1) is 18.8. The largest absolute Gasteiger partial charge is 0.705 e. The van der Waals surface area contributed by atoms with E-state index in [2.05, 4.69) is 0 Å². The highest BCUT2D eigenvalue weighted by Gasteiger charge is 2.51. The Morgan fingerprint density at radius 2 is 1.39 bits per heavy atom. The number of hydrogen-bond acceptors (Lipinski definition) is 6. The van der Waals surface area contributed by atoms with Gasteiger partial charge in [0.25, 0.3) is 17.9 Å². The molecule has 1 aromatic carbocycles. The van der Waals surface area contributed by atoms with Crippen LogP contribution < -0.4 is 0 Å². The zero-order valence-corrected chi connectivity index (χ0v) is 13.9. The second-order valence-electron chi connectivity index (χ2n) is 4.71. The minimum atomic E-state index is -3.96. The van der Waals surface area contributed by atoms with E-state index in [4.69, 9.17) is 13.3 Å². The fraction of sp³-hybridized carbons (Fsp3) is 0.357. The van der Waals surface area contributed by atoms with Crippen molar-refractivity contribution < 1.29 is 36.4 Å². The molecule has 0 saturated carbocycles. The summed E-state index contributed by atoms with van der Waals surface area (Å²) in [4.78, 5) is 33.8. The van der Waals surface area contributed by atoms with Gasteiger partial charge in [0.1, 0.15) is 0 Å². The average Bonchev–Trinajstić information content (AvgIpc) is 2.37. The molecule has 0 saturated heterocycles. The fourth-order valence-electron chi connectivity index (χ4n) is 1.87. The van der Waals surface area contributed by atoms with Crippen LogP contribution in [0.3, 0.4) is 0 Å². The standard InChI is InChI=1S/C14H16F2O6Si/c1-9(17)20-23(21-10(2)18,22-11(3)19)7-6-12-4-5-13(15)14(16)8-12/h4-5,8H,6-7H2,1-3H3. The maximum Gasteiger partial charge on any atom is 0.705 e. The number of aryl methyl sites for hydroxylation is 1. The van der Waals surface area contributed by atoms with Crippen molar-refractivity contribution in [3.63, 3.8) is 0 Å². The lowest BCUT2D eigenvalue weighted by Gasteiger charge is -2.26. The SMILES string of the molecule is CC(=O)O[Si](CCc1ccc(F)c(F)c1)(OC(C)=O)OC(C)=O. The molecule has 6 nitrogen and oxygen atoms in total. The van der Waals surface area contributed by atoms with Gasteiger partial charge >= 0.3 is 8.80 Å². The van der Waals surface area contributed by atoms with E-state index in [1.54, 1.807) is 0 Å². The van der Waals surface area contributed by atoms with Gasteiger partial charge in [0.2, 0.25) is 0 Å². The van der Waals surface area contributed by atoms with E-state index in [-0.39, 0.29) is 12.5 Å². The molecule has 126 valence electrons. The molecule has 0 heterocycles. The van der Waals surface area contributed by atoms with Crippen molar-refractivity contribution in [1.29, 1.82) is 0 Å². The maximum absolute atomic E-state index is 13.2. The van der Waals surface area contributed by atoms with Crippen molar-refractivity contribution in [2.24, 2.45) is 0 Å². The van der Waals surface area contributed by atoms with Gasteiger partial charge in [-0.15, -0.1) is 0 Å². The van der Waals surface area contributed by atoms with Crippen molar-refractivity contribution in [3.05, 3.63) is 35.4 Å². The molecule has 0 aromatic heterocycles. The van der Waals surface area contributed by atoms with E-state index in [1.807, 2.05) is 0 Å². The van der Waals surface area contributed by atoms with Gasteiger partial charge in [-0.3, -0.25) is 14.4 Å². The van der Waals surface area contributed by atoms with Crippen molar-refractivity contribution in [2.45, 2.75) is 33.2 Å². The second-order valence-corrected chi connectivity index (χ2v) is 7.19. The number of benzene rings is 1. The Hall–Kier alpha value is -2.29. The molecule has 0 atom stereocenters. The van der Waals surface area contributed by atoms with Crippen LogP contribution in [0, 0.1) is 11.6 Å². The highest BCUT2D eigenvalue weighted by molar-refractivity contribution is 6.65. The summed E-state index contributed by atoms with van der Waals surface area (Å²) in [6.07, 6.45) is 0.0528. The summed E-state index contributed by atoms with van der Waals surface area (Å²) in [6, 6.07) is 3.09. The van der Waals surface area contributed by atoms with E-state index < -0.39 is 38.3 Å². The highest BCUT2D eigenvalue weighted by Crippen LogP contribution is 2.21. The van der Waals surface area contributed by atoms with Gasteiger partial charge in [-0.2, -0.15) is 0 Å². The summed E-state index contributed by atoms with van der Waals surface area (Å²) >= 11 is 0. The summed E-state index contributed by atoms with van der Waals surface area (Å²) < 4.78 is 41.1. The van der Waals surface area contributed by atoms with Crippen LogP contribution in [0.25, 0.3) is 0 Å². The number of rotatable bonds is 6. The first-order valence-corrected chi connectivity index (χ1v) is 8.59. The van der Waals surface area contributed by atoms with E-state index in [0.717, 1.165) is 32.9 Å². The Morgan fingerprint density at radius 1 is 0.913 bits per heavy atom. The van der Waals surface area contributed by atoms with Crippen molar-refractivity contribution in [2.75, 3.05) is 0 Å². The lowest BCUT2D eigenvalue weighted by atomic mass is 10.2. The third-order valence-corrected chi connectivity index (χ3v) is 5.26. The van der Waals surface area contributed by atoms with Crippen LogP contribution in [0.5, 0.6) is 0 Å². The van der Waals surface area contributed by atoms with Crippen LogP contribution >= 0.6 is 0 Å². The smallest absolute Gasteiger partial charge is 0.455 e. The molecule has 1 rings (SSSR count). The Labute approximate surface area is 132 Å². The van der Waals surface area contributed by atoms with Gasteiger partial charge in [-0.25, -0.2) is 8.78 Å². The monoisotopic (exact) mass is 346 g/mol. The Bertz CT molecular complexity index is 578. The van der Waals surface area contributed by atoms with Gasteiger partial charge in [0.15, 0.2) is 11.6 Å². The van der Waals surface area contributed by atoms with Crippen LogP contribution in [0.1, 0.15) is 26.3 Å². The van der Waals surface area contributed by atoms with Crippen LogP contribution in [0.4, 0.5) is 8.78 Å². The summed E-state index contributed by atoms with van der Waals surface area (Å²) in [5.74, 6) is -4.40. The first-order chi connectivity index (χ1) is 10.6. The molecular weight excluding hydrogens is 330 g/mol. The molecule has 0 fully saturated rings. The van der Waals surface area contributed by atoms with Crippen molar-refractivity contribution in [1.82, 2.24) is 0 Å².